The lowest BCUT2D eigenvalue weighted by molar-refractivity contribution is 0.162. The summed E-state index contributed by atoms with van der Waals surface area (Å²) in [4.78, 5) is 0. The van der Waals surface area contributed by atoms with E-state index in [1.54, 1.807) is 19.1 Å². The van der Waals surface area contributed by atoms with Crippen molar-refractivity contribution in [1.29, 1.82) is 0 Å². The van der Waals surface area contributed by atoms with Gasteiger partial charge in [0.2, 0.25) is 0 Å². The Morgan fingerprint density at radius 1 is 1.54 bits per heavy atom. The first-order valence-corrected chi connectivity index (χ1v) is 4.99. The smallest absolute Gasteiger partial charge is 0.128 e. The van der Waals surface area contributed by atoms with Gasteiger partial charge in [0, 0.05) is 9.13 Å². The molecular formula is C9H11FINO. The lowest BCUT2D eigenvalue weighted by Gasteiger charge is -2.15. The molecule has 2 atom stereocenters. The van der Waals surface area contributed by atoms with Crippen LogP contribution in [0.1, 0.15) is 18.5 Å². The molecule has 0 aliphatic heterocycles. The molecule has 1 rings (SSSR count). The van der Waals surface area contributed by atoms with E-state index in [1.807, 2.05) is 0 Å². The van der Waals surface area contributed by atoms with Crippen LogP contribution in [0.5, 0.6) is 0 Å². The number of benzene rings is 1. The summed E-state index contributed by atoms with van der Waals surface area (Å²) >= 11 is 2.07. The van der Waals surface area contributed by atoms with Gasteiger partial charge >= 0.3 is 0 Å². The number of hydrogen-bond donors (Lipinski definition) is 2. The van der Waals surface area contributed by atoms with Crippen molar-refractivity contribution in [1.82, 2.24) is 0 Å². The number of halogens is 2. The van der Waals surface area contributed by atoms with Gasteiger partial charge in [0.1, 0.15) is 5.82 Å². The van der Waals surface area contributed by atoms with Crippen molar-refractivity contribution in [3.8, 4) is 0 Å². The predicted octanol–water partition coefficient (Wildman–Crippen LogP) is 1.81. The van der Waals surface area contributed by atoms with Crippen molar-refractivity contribution in [2.75, 3.05) is 0 Å². The molecule has 1 aromatic rings. The molecule has 4 heteroatoms. The van der Waals surface area contributed by atoms with Crippen molar-refractivity contribution in [2.45, 2.75) is 19.1 Å². The highest BCUT2D eigenvalue weighted by Crippen LogP contribution is 2.20. The van der Waals surface area contributed by atoms with Crippen LogP contribution in [0.4, 0.5) is 4.39 Å². The van der Waals surface area contributed by atoms with Crippen molar-refractivity contribution in [3.05, 3.63) is 33.1 Å². The number of hydrogen-bond acceptors (Lipinski definition) is 2. The van der Waals surface area contributed by atoms with E-state index in [9.17, 15) is 9.50 Å². The molecular weight excluding hydrogens is 284 g/mol. The maximum absolute atomic E-state index is 13.2. The van der Waals surface area contributed by atoms with Gasteiger partial charge in [-0.05, 0) is 47.7 Å². The molecule has 0 aliphatic carbocycles. The third-order valence-corrected chi connectivity index (χ3v) is 2.51. The number of aliphatic hydroxyl groups is 1. The molecule has 0 bridgehead atoms. The average Bonchev–Trinajstić information content (AvgIpc) is 2.08. The van der Waals surface area contributed by atoms with Crippen LogP contribution in [-0.4, -0.2) is 11.2 Å². The normalized spacial score (nSPS) is 15.5. The molecule has 0 spiro atoms. The summed E-state index contributed by atoms with van der Waals surface area (Å²) in [6.45, 7) is 1.55. The summed E-state index contributed by atoms with van der Waals surface area (Å²) in [5, 5.41) is 9.20. The second-order valence-electron chi connectivity index (χ2n) is 2.93. The van der Waals surface area contributed by atoms with Crippen LogP contribution in [-0.2, 0) is 0 Å². The topological polar surface area (TPSA) is 46.2 Å². The highest BCUT2D eigenvalue weighted by molar-refractivity contribution is 14.1. The maximum Gasteiger partial charge on any atom is 0.128 e. The minimum Gasteiger partial charge on any atom is -0.391 e. The zero-order chi connectivity index (χ0) is 10.0. The molecule has 0 fully saturated rings. The fourth-order valence-electron chi connectivity index (χ4n) is 1.03. The van der Waals surface area contributed by atoms with E-state index >= 15 is 0 Å². The summed E-state index contributed by atoms with van der Waals surface area (Å²) in [5.74, 6) is -0.367. The first-order chi connectivity index (χ1) is 6.02. The third-order valence-electron chi connectivity index (χ3n) is 1.84. The van der Waals surface area contributed by atoms with Gasteiger partial charge in [-0.3, -0.25) is 0 Å². The Morgan fingerprint density at radius 3 is 2.69 bits per heavy atom. The van der Waals surface area contributed by atoms with E-state index < -0.39 is 12.1 Å². The minimum atomic E-state index is -0.743. The van der Waals surface area contributed by atoms with Gasteiger partial charge in [0.25, 0.3) is 0 Å². The van der Waals surface area contributed by atoms with Gasteiger partial charge in [0.05, 0.1) is 12.1 Å². The molecule has 0 aliphatic rings. The first-order valence-electron chi connectivity index (χ1n) is 3.91. The van der Waals surface area contributed by atoms with Crippen LogP contribution >= 0.6 is 22.6 Å². The molecule has 1 aromatic carbocycles. The Balaban J connectivity index is 3.05. The maximum atomic E-state index is 13.2. The lowest BCUT2D eigenvalue weighted by atomic mass is 10.0. The molecule has 3 N–H and O–H groups in total. The van der Waals surface area contributed by atoms with Crippen molar-refractivity contribution >= 4 is 22.6 Å². The number of aliphatic hydroxyl groups excluding tert-OH is 1. The molecule has 0 heterocycles. The Morgan fingerprint density at radius 2 is 2.15 bits per heavy atom. The number of nitrogens with two attached hydrogens (primary N) is 1. The SMILES string of the molecule is C[C@@H](O)[C@@H](N)c1cc(I)ccc1F. The zero-order valence-corrected chi connectivity index (χ0v) is 9.32. The van der Waals surface area contributed by atoms with E-state index in [0.717, 1.165) is 3.57 Å². The standard InChI is InChI=1S/C9H11FINO/c1-5(13)9(12)7-4-6(11)2-3-8(7)10/h2-5,9,13H,12H2,1H3/t5-,9-/m1/s1. The molecule has 0 radical (unpaired) electrons. The minimum absolute atomic E-state index is 0.363. The van der Waals surface area contributed by atoms with Crippen LogP contribution in [0.25, 0.3) is 0 Å². The van der Waals surface area contributed by atoms with Gasteiger partial charge in [-0.1, -0.05) is 0 Å². The number of rotatable bonds is 2. The van der Waals surface area contributed by atoms with Crippen LogP contribution in [0.15, 0.2) is 18.2 Å². The van der Waals surface area contributed by atoms with Gasteiger partial charge < -0.3 is 10.8 Å². The summed E-state index contributed by atoms with van der Waals surface area (Å²) in [6, 6.07) is 4.01. The zero-order valence-electron chi connectivity index (χ0n) is 7.17. The Labute approximate surface area is 90.1 Å². The summed E-state index contributed by atoms with van der Waals surface area (Å²) in [6.07, 6.45) is -0.743. The molecule has 72 valence electrons. The van der Waals surface area contributed by atoms with Gasteiger partial charge in [0.15, 0.2) is 0 Å². The predicted molar refractivity (Wildman–Crippen MR) is 57.7 cm³/mol. The highest BCUT2D eigenvalue weighted by Gasteiger charge is 2.16. The van der Waals surface area contributed by atoms with Crippen LogP contribution < -0.4 is 5.73 Å². The Bertz CT molecular complexity index is 304. The Hall–Kier alpha value is -0.200. The molecule has 13 heavy (non-hydrogen) atoms. The monoisotopic (exact) mass is 295 g/mol. The second kappa shape index (κ2) is 4.34. The van der Waals surface area contributed by atoms with Gasteiger partial charge in [-0.25, -0.2) is 4.39 Å². The van der Waals surface area contributed by atoms with Crippen LogP contribution in [0.2, 0.25) is 0 Å². The van der Waals surface area contributed by atoms with Gasteiger partial charge in [-0.15, -0.1) is 0 Å². The van der Waals surface area contributed by atoms with Crippen molar-refractivity contribution in [2.24, 2.45) is 5.73 Å². The van der Waals surface area contributed by atoms with Gasteiger partial charge in [-0.2, -0.15) is 0 Å². The van der Waals surface area contributed by atoms with Crippen molar-refractivity contribution in [3.63, 3.8) is 0 Å². The quantitative estimate of drug-likeness (QED) is 0.817. The third kappa shape index (κ3) is 2.62. The second-order valence-corrected chi connectivity index (χ2v) is 4.18. The fraction of sp³-hybridized carbons (Fsp3) is 0.333. The average molecular weight is 295 g/mol. The fourth-order valence-corrected chi connectivity index (χ4v) is 1.55. The highest BCUT2D eigenvalue weighted by atomic mass is 127. The van der Waals surface area contributed by atoms with E-state index in [0.29, 0.717) is 5.56 Å². The van der Waals surface area contributed by atoms with Crippen LogP contribution in [0, 0.1) is 9.39 Å². The Kier molecular flexibility index (Phi) is 3.63. The first kappa shape index (κ1) is 10.9. The van der Waals surface area contributed by atoms with Crippen molar-refractivity contribution < 1.29 is 9.50 Å². The summed E-state index contributed by atoms with van der Waals surface area (Å²) in [5.41, 5.74) is 5.98. The molecule has 0 unspecified atom stereocenters. The molecule has 2 nitrogen and oxygen atoms in total. The van der Waals surface area contributed by atoms with E-state index in [2.05, 4.69) is 22.6 Å². The summed E-state index contributed by atoms with van der Waals surface area (Å²) < 4.78 is 14.1. The summed E-state index contributed by atoms with van der Waals surface area (Å²) in [7, 11) is 0. The molecule has 0 saturated heterocycles. The van der Waals surface area contributed by atoms with E-state index in [4.69, 9.17) is 5.73 Å². The largest absolute Gasteiger partial charge is 0.391 e. The van der Waals surface area contributed by atoms with E-state index in [-0.39, 0.29) is 5.82 Å². The van der Waals surface area contributed by atoms with Crippen LogP contribution in [0.3, 0.4) is 0 Å². The molecule has 0 amide bonds. The molecule has 0 aromatic heterocycles. The lowest BCUT2D eigenvalue weighted by Crippen LogP contribution is -2.24. The van der Waals surface area contributed by atoms with E-state index in [1.165, 1.54) is 6.07 Å². The molecule has 0 saturated carbocycles.